The maximum atomic E-state index is 13.1. The minimum Gasteiger partial charge on any atom is -0.507 e. The molecule has 2 aromatic rings. The highest BCUT2D eigenvalue weighted by atomic mass is 16.5. The van der Waals surface area contributed by atoms with Crippen LogP contribution in [-0.2, 0) is 14.3 Å². The standard InChI is InChI=1S/C25H28N2O5/c1-17-7-9-18(10-8-17)23(28)21-22(19-5-3-4-6-20(19)31-2)27(25(30)24(21)29)12-11-26-13-15-32-16-14-26/h3-10,22,28H,11-16H2,1-2H3/b23-21+. The van der Waals surface area contributed by atoms with E-state index in [-0.39, 0.29) is 11.3 Å². The van der Waals surface area contributed by atoms with Gasteiger partial charge < -0.3 is 19.5 Å². The van der Waals surface area contributed by atoms with E-state index >= 15 is 0 Å². The Hall–Kier alpha value is -3.16. The number of benzene rings is 2. The highest BCUT2D eigenvalue weighted by Gasteiger charge is 2.47. The van der Waals surface area contributed by atoms with Crippen molar-refractivity contribution >= 4 is 17.4 Å². The number of carbonyl (C=O) groups excluding carboxylic acids is 2. The van der Waals surface area contributed by atoms with Crippen LogP contribution in [-0.4, -0.2) is 73.1 Å². The predicted octanol–water partition coefficient (Wildman–Crippen LogP) is 2.76. The van der Waals surface area contributed by atoms with Gasteiger partial charge in [0.1, 0.15) is 11.5 Å². The number of para-hydroxylation sites is 1. The fourth-order valence-electron chi connectivity index (χ4n) is 4.27. The molecule has 2 aromatic carbocycles. The Morgan fingerprint density at radius 2 is 1.75 bits per heavy atom. The lowest BCUT2D eigenvalue weighted by Gasteiger charge is -2.31. The molecule has 32 heavy (non-hydrogen) atoms. The van der Waals surface area contributed by atoms with E-state index in [9.17, 15) is 14.7 Å². The number of rotatable bonds is 6. The molecule has 7 nitrogen and oxygen atoms in total. The van der Waals surface area contributed by atoms with Gasteiger partial charge >= 0.3 is 0 Å². The fourth-order valence-corrected chi connectivity index (χ4v) is 4.27. The van der Waals surface area contributed by atoms with E-state index in [1.54, 1.807) is 30.2 Å². The number of amides is 1. The normalized spacial score (nSPS) is 21.2. The Morgan fingerprint density at radius 3 is 2.44 bits per heavy atom. The van der Waals surface area contributed by atoms with Crippen molar-refractivity contribution in [2.45, 2.75) is 13.0 Å². The molecule has 2 fully saturated rings. The van der Waals surface area contributed by atoms with Crippen molar-refractivity contribution in [1.82, 2.24) is 9.80 Å². The highest BCUT2D eigenvalue weighted by Crippen LogP contribution is 2.42. The van der Waals surface area contributed by atoms with E-state index < -0.39 is 17.7 Å². The lowest BCUT2D eigenvalue weighted by Crippen LogP contribution is -2.42. The molecule has 168 valence electrons. The van der Waals surface area contributed by atoms with Crippen molar-refractivity contribution in [1.29, 1.82) is 0 Å². The summed E-state index contributed by atoms with van der Waals surface area (Å²) in [7, 11) is 1.55. The second kappa shape index (κ2) is 9.54. The molecule has 1 amide bonds. The van der Waals surface area contributed by atoms with E-state index in [0.29, 0.717) is 43.2 Å². The quantitative estimate of drug-likeness (QED) is 0.426. The van der Waals surface area contributed by atoms with Gasteiger partial charge in [0.05, 0.1) is 31.9 Å². The van der Waals surface area contributed by atoms with Gasteiger partial charge in [0, 0.05) is 37.3 Å². The van der Waals surface area contributed by atoms with E-state index in [0.717, 1.165) is 18.7 Å². The number of morpholine rings is 1. The number of likely N-dealkylation sites (tertiary alicyclic amines) is 1. The Bertz CT molecular complexity index is 1020. The molecule has 0 saturated carbocycles. The van der Waals surface area contributed by atoms with Crippen LogP contribution < -0.4 is 4.74 Å². The predicted molar refractivity (Wildman–Crippen MR) is 120 cm³/mol. The van der Waals surface area contributed by atoms with Crippen LogP contribution in [0.5, 0.6) is 5.75 Å². The Balaban J connectivity index is 1.77. The molecule has 4 rings (SSSR count). The van der Waals surface area contributed by atoms with Gasteiger partial charge in [0.15, 0.2) is 0 Å². The van der Waals surface area contributed by atoms with Crippen LogP contribution in [0.3, 0.4) is 0 Å². The van der Waals surface area contributed by atoms with E-state index in [2.05, 4.69) is 4.90 Å². The van der Waals surface area contributed by atoms with E-state index in [4.69, 9.17) is 9.47 Å². The zero-order valence-electron chi connectivity index (χ0n) is 18.4. The zero-order valence-corrected chi connectivity index (χ0v) is 18.4. The number of nitrogens with zero attached hydrogens (tertiary/aromatic N) is 2. The van der Waals surface area contributed by atoms with Crippen molar-refractivity contribution in [3.05, 3.63) is 70.8 Å². The van der Waals surface area contributed by atoms with Gasteiger partial charge in [0.25, 0.3) is 11.7 Å². The number of hydrogen-bond acceptors (Lipinski definition) is 6. The molecule has 2 heterocycles. The fraction of sp³-hybridized carbons (Fsp3) is 0.360. The number of ketones is 1. The summed E-state index contributed by atoms with van der Waals surface area (Å²) in [6.45, 7) is 5.80. The lowest BCUT2D eigenvalue weighted by atomic mass is 9.94. The van der Waals surface area contributed by atoms with Gasteiger partial charge in [-0.05, 0) is 13.0 Å². The molecule has 0 aliphatic carbocycles. The lowest BCUT2D eigenvalue weighted by molar-refractivity contribution is -0.140. The van der Waals surface area contributed by atoms with Crippen molar-refractivity contribution in [2.24, 2.45) is 0 Å². The molecule has 0 radical (unpaired) electrons. The van der Waals surface area contributed by atoms with Crippen molar-refractivity contribution < 1.29 is 24.2 Å². The maximum absolute atomic E-state index is 13.1. The SMILES string of the molecule is COc1ccccc1C1/C(=C(\O)c2ccc(C)cc2)C(=O)C(=O)N1CCN1CCOCC1. The van der Waals surface area contributed by atoms with Crippen molar-refractivity contribution in [3.63, 3.8) is 0 Å². The number of hydrogen-bond donors (Lipinski definition) is 1. The average molecular weight is 437 g/mol. The molecular weight excluding hydrogens is 408 g/mol. The molecule has 2 aliphatic rings. The van der Waals surface area contributed by atoms with Gasteiger partial charge in [-0.15, -0.1) is 0 Å². The summed E-state index contributed by atoms with van der Waals surface area (Å²) >= 11 is 0. The van der Waals surface area contributed by atoms with Crippen LogP contribution in [0.1, 0.15) is 22.7 Å². The number of Topliss-reactive ketones (excluding diaryl/α,β-unsaturated/α-hetero) is 1. The number of ether oxygens (including phenoxy) is 2. The summed E-state index contributed by atoms with van der Waals surface area (Å²) < 4.78 is 10.9. The summed E-state index contributed by atoms with van der Waals surface area (Å²) in [5.74, 6) is -0.900. The second-order valence-corrected chi connectivity index (χ2v) is 8.05. The molecule has 2 saturated heterocycles. The van der Waals surface area contributed by atoms with Crippen LogP contribution in [0, 0.1) is 6.92 Å². The summed E-state index contributed by atoms with van der Waals surface area (Å²) in [6, 6.07) is 13.8. The van der Waals surface area contributed by atoms with E-state index in [1.165, 1.54) is 0 Å². The maximum Gasteiger partial charge on any atom is 0.295 e. The number of carbonyl (C=O) groups is 2. The second-order valence-electron chi connectivity index (χ2n) is 8.05. The molecule has 1 atom stereocenters. The third-order valence-corrected chi connectivity index (χ3v) is 6.06. The van der Waals surface area contributed by atoms with Gasteiger partial charge in [0.2, 0.25) is 0 Å². The number of aryl methyl sites for hydroxylation is 1. The number of aliphatic hydroxyl groups is 1. The van der Waals surface area contributed by atoms with Gasteiger partial charge in [-0.25, -0.2) is 0 Å². The Labute approximate surface area is 187 Å². The average Bonchev–Trinajstić information content (AvgIpc) is 3.08. The van der Waals surface area contributed by atoms with Crippen LogP contribution in [0.25, 0.3) is 5.76 Å². The molecular formula is C25H28N2O5. The van der Waals surface area contributed by atoms with Crippen LogP contribution >= 0.6 is 0 Å². The topological polar surface area (TPSA) is 79.3 Å². The third kappa shape index (κ3) is 4.26. The Morgan fingerprint density at radius 1 is 1.06 bits per heavy atom. The summed E-state index contributed by atoms with van der Waals surface area (Å²) in [5, 5.41) is 11.1. The van der Waals surface area contributed by atoms with Crippen LogP contribution in [0.15, 0.2) is 54.1 Å². The molecule has 2 aliphatic heterocycles. The first kappa shape index (κ1) is 22.0. The highest BCUT2D eigenvalue weighted by molar-refractivity contribution is 6.46. The molecule has 0 bridgehead atoms. The molecule has 0 aromatic heterocycles. The summed E-state index contributed by atoms with van der Waals surface area (Å²) in [4.78, 5) is 30.0. The van der Waals surface area contributed by atoms with E-state index in [1.807, 2.05) is 37.3 Å². The third-order valence-electron chi connectivity index (χ3n) is 6.06. The van der Waals surface area contributed by atoms with Crippen LogP contribution in [0.2, 0.25) is 0 Å². The molecule has 7 heteroatoms. The number of methoxy groups -OCH3 is 1. The minimum absolute atomic E-state index is 0.0883. The smallest absolute Gasteiger partial charge is 0.295 e. The largest absolute Gasteiger partial charge is 0.507 e. The summed E-state index contributed by atoms with van der Waals surface area (Å²) in [5.41, 5.74) is 2.30. The monoisotopic (exact) mass is 436 g/mol. The molecule has 1 unspecified atom stereocenters. The van der Waals surface area contributed by atoms with Gasteiger partial charge in [-0.3, -0.25) is 14.5 Å². The molecule has 0 spiro atoms. The number of aliphatic hydroxyl groups excluding tert-OH is 1. The van der Waals surface area contributed by atoms with Crippen molar-refractivity contribution in [2.75, 3.05) is 46.5 Å². The van der Waals surface area contributed by atoms with Crippen molar-refractivity contribution in [3.8, 4) is 5.75 Å². The zero-order chi connectivity index (χ0) is 22.7. The first-order valence-corrected chi connectivity index (χ1v) is 10.8. The summed E-state index contributed by atoms with van der Waals surface area (Å²) in [6.07, 6.45) is 0. The first-order valence-electron chi connectivity index (χ1n) is 10.8. The Kier molecular flexibility index (Phi) is 6.58. The minimum atomic E-state index is -0.728. The van der Waals surface area contributed by atoms with Gasteiger partial charge in [-0.1, -0.05) is 48.0 Å². The van der Waals surface area contributed by atoms with Crippen LogP contribution in [0.4, 0.5) is 0 Å². The molecule has 1 N–H and O–H groups in total. The first-order chi connectivity index (χ1) is 15.5. The van der Waals surface area contributed by atoms with Gasteiger partial charge in [-0.2, -0.15) is 0 Å².